The van der Waals surface area contributed by atoms with Gasteiger partial charge in [0.2, 0.25) is 0 Å². The van der Waals surface area contributed by atoms with E-state index in [-0.39, 0.29) is 0 Å². The van der Waals surface area contributed by atoms with E-state index in [4.69, 9.17) is 0 Å². The molecule has 0 unspecified atom stereocenters. The van der Waals surface area contributed by atoms with E-state index in [0.29, 0.717) is 10.9 Å². The van der Waals surface area contributed by atoms with Crippen molar-refractivity contribution in [3.05, 3.63) is 132 Å². The van der Waals surface area contributed by atoms with Crippen LogP contribution in [-0.2, 0) is 28.8 Å². The minimum Gasteiger partial charge on any atom is -0.0991 e. The predicted octanol–water partition coefficient (Wildman–Crippen LogP) is 7.00. The molecule has 0 fully saturated rings. The third kappa shape index (κ3) is 8.92. The van der Waals surface area contributed by atoms with E-state index in [1.807, 2.05) is 19.1 Å². The van der Waals surface area contributed by atoms with Crippen LogP contribution in [0.5, 0.6) is 0 Å². The van der Waals surface area contributed by atoms with Gasteiger partial charge in [0, 0.05) is 17.5 Å². The standard InChI is InChI=1S/C22H23S.C5H8/c1-4-10-20(11-5-1)16-17-23(18-21-12-6-2-7-13-21)19-22-14-8-3-9-15-22;1-3-5-4-2/h1-15H,16-19H2;3-5H,1H2,2H3/q+1;/b;5-4-. The fraction of sp³-hybridized carbons (Fsp3) is 0.185. The summed E-state index contributed by atoms with van der Waals surface area (Å²) in [6.07, 6.45) is 6.75. The molecule has 3 aromatic carbocycles. The Hall–Kier alpha value is -2.51. The van der Waals surface area contributed by atoms with Gasteiger partial charge in [-0.2, -0.15) is 0 Å². The molecule has 3 rings (SSSR count). The van der Waals surface area contributed by atoms with Crippen molar-refractivity contribution in [1.29, 1.82) is 0 Å². The van der Waals surface area contributed by atoms with E-state index >= 15 is 0 Å². The van der Waals surface area contributed by atoms with Crippen LogP contribution in [0, 0.1) is 0 Å². The topological polar surface area (TPSA) is 0 Å². The van der Waals surface area contributed by atoms with Crippen molar-refractivity contribution in [2.24, 2.45) is 0 Å². The molecule has 0 bridgehead atoms. The molecule has 0 atom stereocenters. The molecule has 1 heteroatoms. The zero-order chi connectivity index (χ0) is 19.9. The highest BCUT2D eigenvalue weighted by molar-refractivity contribution is 7.95. The van der Waals surface area contributed by atoms with Crippen molar-refractivity contribution in [2.45, 2.75) is 24.9 Å². The van der Waals surface area contributed by atoms with Gasteiger partial charge in [0.25, 0.3) is 0 Å². The minimum atomic E-state index is 0.373. The van der Waals surface area contributed by atoms with Crippen molar-refractivity contribution >= 4 is 10.9 Å². The normalized spacial score (nSPS) is 10.5. The Labute approximate surface area is 174 Å². The maximum absolute atomic E-state index is 3.46. The summed E-state index contributed by atoms with van der Waals surface area (Å²) in [5.41, 5.74) is 4.37. The van der Waals surface area contributed by atoms with E-state index in [0.717, 1.165) is 0 Å². The van der Waals surface area contributed by atoms with Gasteiger partial charge in [-0.1, -0.05) is 116 Å². The maximum atomic E-state index is 3.46. The quantitative estimate of drug-likeness (QED) is 0.288. The van der Waals surface area contributed by atoms with Crippen LogP contribution >= 0.6 is 0 Å². The first-order valence-electron chi connectivity index (χ1n) is 9.81. The zero-order valence-electron chi connectivity index (χ0n) is 16.8. The highest BCUT2D eigenvalue weighted by Crippen LogP contribution is 2.17. The summed E-state index contributed by atoms with van der Waals surface area (Å²) in [4.78, 5) is 0. The second-order valence-electron chi connectivity index (χ2n) is 6.57. The van der Waals surface area contributed by atoms with E-state index in [1.54, 1.807) is 6.08 Å². The summed E-state index contributed by atoms with van der Waals surface area (Å²) in [7, 11) is 0.373. The molecule has 0 heterocycles. The Morgan fingerprint density at radius 1 is 0.679 bits per heavy atom. The van der Waals surface area contributed by atoms with Crippen LogP contribution in [0.1, 0.15) is 23.6 Å². The van der Waals surface area contributed by atoms with Gasteiger partial charge in [0.1, 0.15) is 17.3 Å². The summed E-state index contributed by atoms with van der Waals surface area (Å²) < 4.78 is 0. The molecule has 0 aliphatic rings. The average Bonchev–Trinajstić information content (AvgIpc) is 2.75. The average molecular weight is 388 g/mol. The number of hydrogen-bond acceptors (Lipinski definition) is 0. The summed E-state index contributed by atoms with van der Waals surface area (Å²) in [6, 6.07) is 32.7. The zero-order valence-corrected chi connectivity index (χ0v) is 17.7. The molecular formula is C27H31S+. The monoisotopic (exact) mass is 387 g/mol. The van der Waals surface area contributed by atoms with Gasteiger partial charge < -0.3 is 0 Å². The number of benzene rings is 3. The lowest BCUT2D eigenvalue weighted by Gasteiger charge is -2.10. The summed E-state index contributed by atoms with van der Waals surface area (Å²) in [5.74, 6) is 3.62. The largest absolute Gasteiger partial charge is 0.133 e. The first-order chi connectivity index (χ1) is 13.8. The van der Waals surface area contributed by atoms with Gasteiger partial charge in [0.15, 0.2) is 0 Å². The third-order valence-corrected chi connectivity index (χ3v) is 6.54. The number of rotatable bonds is 8. The van der Waals surface area contributed by atoms with Crippen LogP contribution in [0.4, 0.5) is 0 Å². The number of allylic oxidation sites excluding steroid dienone is 3. The smallest absolute Gasteiger partial charge is 0.0991 e. The Kier molecular flexibility index (Phi) is 10.6. The molecule has 3 aromatic rings. The van der Waals surface area contributed by atoms with Crippen LogP contribution in [-0.4, -0.2) is 5.75 Å². The molecule has 0 spiro atoms. The van der Waals surface area contributed by atoms with Crippen molar-refractivity contribution in [3.8, 4) is 0 Å². The fourth-order valence-electron chi connectivity index (χ4n) is 2.86. The molecule has 0 aliphatic heterocycles. The van der Waals surface area contributed by atoms with Crippen molar-refractivity contribution in [3.63, 3.8) is 0 Å². The second kappa shape index (κ2) is 13.6. The van der Waals surface area contributed by atoms with E-state index in [1.165, 1.54) is 40.4 Å². The predicted molar refractivity (Wildman–Crippen MR) is 128 cm³/mol. The first-order valence-corrected chi connectivity index (χ1v) is 11.5. The van der Waals surface area contributed by atoms with Gasteiger partial charge in [-0.15, -0.1) is 0 Å². The van der Waals surface area contributed by atoms with Gasteiger partial charge >= 0.3 is 0 Å². The molecule has 0 N–H and O–H groups in total. The summed E-state index contributed by atoms with van der Waals surface area (Å²) in [6.45, 7) is 5.42. The molecule has 0 saturated heterocycles. The molecule has 28 heavy (non-hydrogen) atoms. The van der Waals surface area contributed by atoms with E-state index in [9.17, 15) is 0 Å². The summed E-state index contributed by atoms with van der Waals surface area (Å²) >= 11 is 0. The maximum Gasteiger partial charge on any atom is 0.133 e. The molecule has 0 nitrogen and oxygen atoms in total. The molecular weight excluding hydrogens is 356 g/mol. The van der Waals surface area contributed by atoms with E-state index < -0.39 is 0 Å². The van der Waals surface area contributed by atoms with Crippen LogP contribution in [0.15, 0.2) is 116 Å². The Balaban J connectivity index is 0.000000500. The fourth-order valence-corrected chi connectivity index (χ4v) is 5.10. The van der Waals surface area contributed by atoms with Crippen LogP contribution in [0.2, 0.25) is 0 Å². The lowest BCUT2D eigenvalue weighted by molar-refractivity contribution is 1.13. The Morgan fingerprint density at radius 2 is 1.11 bits per heavy atom. The molecule has 144 valence electrons. The Bertz CT molecular complexity index is 750. The lowest BCUT2D eigenvalue weighted by atomic mass is 10.2. The molecule has 0 aliphatic carbocycles. The van der Waals surface area contributed by atoms with Gasteiger partial charge in [0.05, 0.1) is 0 Å². The highest BCUT2D eigenvalue weighted by Gasteiger charge is 2.19. The third-order valence-electron chi connectivity index (χ3n) is 4.28. The second-order valence-corrected chi connectivity index (χ2v) is 8.78. The van der Waals surface area contributed by atoms with Crippen LogP contribution in [0.25, 0.3) is 0 Å². The van der Waals surface area contributed by atoms with Crippen molar-refractivity contribution in [1.82, 2.24) is 0 Å². The molecule has 0 saturated carbocycles. The van der Waals surface area contributed by atoms with Crippen LogP contribution in [0.3, 0.4) is 0 Å². The molecule has 0 amide bonds. The molecule has 0 radical (unpaired) electrons. The lowest BCUT2D eigenvalue weighted by Crippen LogP contribution is -2.15. The number of hydrogen-bond donors (Lipinski definition) is 0. The van der Waals surface area contributed by atoms with Crippen molar-refractivity contribution in [2.75, 3.05) is 5.75 Å². The highest BCUT2D eigenvalue weighted by atomic mass is 32.2. The SMILES string of the molecule is C=C/C=C\C.c1ccc(CC[S+](Cc2ccccc2)Cc2ccccc2)cc1. The van der Waals surface area contributed by atoms with Gasteiger partial charge in [-0.05, 0) is 23.4 Å². The van der Waals surface area contributed by atoms with Crippen molar-refractivity contribution < 1.29 is 0 Å². The first kappa shape index (κ1) is 21.8. The Morgan fingerprint density at radius 3 is 1.46 bits per heavy atom. The molecule has 0 aromatic heterocycles. The van der Waals surface area contributed by atoms with E-state index in [2.05, 4.69) is 97.6 Å². The van der Waals surface area contributed by atoms with Gasteiger partial charge in [-0.25, -0.2) is 0 Å². The van der Waals surface area contributed by atoms with Gasteiger partial charge in [-0.3, -0.25) is 0 Å². The van der Waals surface area contributed by atoms with Crippen LogP contribution < -0.4 is 0 Å². The minimum absolute atomic E-state index is 0.373. The summed E-state index contributed by atoms with van der Waals surface area (Å²) in [5, 5.41) is 0. The number of aryl methyl sites for hydroxylation is 1.